The third kappa shape index (κ3) is 6.99. The van der Waals surface area contributed by atoms with E-state index in [1.165, 1.54) is 24.3 Å². The summed E-state index contributed by atoms with van der Waals surface area (Å²) in [5, 5.41) is 29.7. The topological polar surface area (TPSA) is 164 Å². The first-order valence-corrected chi connectivity index (χ1v) is 16.4. The van der Waals surface area contributed by atoms with Crippen molar-refractivity contribution < 1.29 is 24.3 Å². The number of carbonyl (C=O) groups is 1. The number of aromatic hydroxyl groups is 1. The SMILES string of the molecule is Nc1nnc(-c2ccccc2O)cc1N1CC2CCC(C1)N2c1cccc(OCCN2CCN(C(=O)Oc3ccc([N+](=O)[O-])cc3)CC2)c1. The van der Waals surface area contributed by atoms with Crippen LogP contribution in [0.2, 0.25) is 0 Å². The number of nitrogen functional groups attached to an aromatic ring is 1. The van der Waals surface area contributed by atoms with Crippen molar-refractivity contribution in [2.45, 2.75) is 24.9 Å². The van der Waals surface area contributed by atoms with Crippen LogP contribution in [0, 0.1) is 10.1 Å². The van der Waals surface area contributed by atoms with Crippen LogP contribution in [-0.4, -0.2) is 101 Å². The highest BCUT2D eigenvalue weighted by atomic mass is 16.6. The molecule has 14 nitrogen and oxygen atoms in total. The molecule has 3 aliphatic rings. The number of phenolic OH excluding ortho intramolecular Hbond substituents is 1. The van der Waals surface area contributed by atoms with Crippen molar-refractivity contribution in [3.63, 3.8) is 0 Å². The lowest BCUT2D eigenvalue weighted by atomic mass is 10.1. The van der Waals surface area contributed by atoms with Crippen molar-refractivity contribution in [3.05, 3.63) is 89.0 Å². The van der Waals surface area contributed by atoms with Crippen LogP contribution < -0.4 is 25.0 Å². The van der Waals surface area contributed by atoms with E-state index >= 15 is 0 Å². The molecule has 49 heavy (non-hydrogen) atoms. The Hall–Kier alpha value is -5.63. The Morgan fingerprint density at radius 1 is 0.918 bits per heavy atom. The van der Waals surface area contributed by atoms with Crippen molar-refractivity contribution in [2.24, 2.45) is 0 Å². The predicted octanol–water partition coefficient (Wildman–Crippen LogP) is 4.39. The molecule has 2 atom stereocenters. The van der Waals surface area contributed by atoms with Gasteiger partial charge in [-0.1, -0.05) is 18.2 Å². The van der Waals surface area contributed by atoms with Crippen LogP contribution in [0.3, 0.4) is 0 Å². The number of benzene rings is 3. The summed E-state index contributed by atoms with van der Waals surface area (Å²) in [5.74, 6) is 1.63. The molecule has 14 heteroatoms. The number of hydrogen-bond acceptors (Lipinski definition) is 12. The number of nitrogens with two attached hydrogens (primary N) is 1. The van der Waals surface area contributed by atoms with Gasteiger partial charge in [-0.25, -0.2) is 4.79 Å². The van der Waals surface area contributed by atoms with Gasteiger partial charge in [-0.2, -0.15) is 0 Å². The van der Waals surface area contributed by atoms with Crippen LogP contribution in [0.4, 0.5) is 27.7 Å². The summed E-state index contributed by atoms with van der Waals surface area (Å²) in [7, 11) is 0. The highest BCUT2D eigenvalue weighted by molar-refractivity contribution is 5.74. The summed E-state index contributed by atoms with van der Waals surface area (Å²) < 4.78 is 11.6. The van der Waals surface area contributed by atoms with E-state index in [-0.39, 0.29) is 17.2 Å². The van der Waals surface area contributed by atoms with Gasteiger partial charge in [-0.15, -0.1) is 10.2 Å². The zero-order valence-corrected chi connectivity index (χ0v) is 26.9. The van der Waals surface area contributed by atoms with E-state index in [0.29, 0.717) is 61.9 Å². The molecule has 0 saturated carbocycles. The normalized spacial score (nSPS) is 19.1. The summed E-state index contributed by atoms with van der Waals surface area (Å²) >= 11 is 0. The number of piperazine rings is 2. The highest BCUT2D eigenvalue weighted by Gasteiger charge is 2.41. The van der Waals surface area contributed by atoms with Gasteiger partial charge < -0.3 is 35.0 Å². The molecule has 3 aliphatic heterocycles. The number of hydrogen-bond donors (Lipinski definition) is 2. The molecular formula is C35H38N8O6. The molecule has 3 N–H and O–H groups in total. The van der Waals surface area contributed by atoms with Gasteiger partial charge in [0.1, 0.15) is 23.9 Å². The lowest BCUT2D eigenvalue weighted by Gasteiger charge is -2.43. The fourth-order valence-electron chi connectivity index (χ4n) is 6.97. The molecule has 2 bridgehead atoms. The number of nitrogens with zero attached hydrogens (tertiary/aromatic N) is 7. The van der Waals surface area contributed by atoms with Gasteiger partial charge in [0, 0.05) is 87.3 Å². The number of amides is 1. The molecule has 3 fully saturated rings. The van der Waals surface area contributed by atoms with Gasteiger partial charge in [0.25, 0.3) is 5.69 Å². The molecule has 3 saturated heterocycles. The van der Waals surface area contributed by atoms with Crippen LogP contribution in [0.15, 0.2) is 78.9 Å². The minimum absolute atomic E-state index is 0.0557. The Balaban J connectivity index is 0.904. The smallest absolute Gasteiger partial charge is 0.415 e. The molecule has 0 spiro atoms. The lowest BCUT2D eigenvalue weighted by Crippen LogP contribution is -2.54. The standard InChI is InChI=1S/C35H38N8O6/c36-34-32(21-31(37-38-34)30-6-1-2-7-33(30)44)41-22-26-8-9-27(23-41)42(26)25-4-3-5-29(20-25)48-19-18-39-14-16-40(17-15-39)35(45)49-28-12-10-24(11-13-28)43(46)47/h1-7,10-13,20-21,26-27,44H,8-9,14-19,22-23H2,(H2,36,38). The number of phenols is 1. The second-order valence-corrected chi connectivity index (χ2v) is 12.5. The Morgan fingerprint density at radius 2 is 1.65 bits per heavy atom. The van der Waals surface area contributed by atoms with Crippen molar-refractivity contribution >= 4 is 29.0 Å². The molecule has 0 radical (unpaired) electrons. The number of anilines is 3. The average Bonchev–Trinajstić information content (AvgIpc) is 3.38. The number of fused-ring (bicyclic) bond motifs is 2. The average molecular weight is 667 g/mol. The summed E-state index contributed by atoms with van der Waals surface area (Å²) in [6.45, 7) is 5.26. The Kier molecular flexibility index (Phi) is 9.03. The third-order valence-corrected chi connectivity index (χ3v) is 9.48. The van der Waals surface area contributed by atoms with Crippen LogP contribution in [0.5, 0.6) is 17.2 Å². The van der Waals surface area contributed by atoms with Gasteiger partial charge in [0.05, 0.1) is 16.3 Å². The first-order valence-electron chi connectivity index (χ1n) is 16.4. The van der Waals surface area contributed by atoms with Crippen LogP contribution >= 0.6 is 0 Å². The minimum Gasteiger partial charge on any atom is -0.507 e. The number of nitro groups is 1. The zero-order valence-electron chi connectivity index (χ0n) is 26.9. The summed E-state index contributed by atoms with van der Waals surface area (Å²) in [6, 6.07) is 23.4. The maximum absolute atomic E-state index is 12.6. The van der Waals surface area contributed by atoms with Gasteiger partial charge >= 0.3 is 6.09 Å². The maximum atomic E-state index is 12.6. The van der Waals surface area contributed by atoms with E-state index in [1.54, 1.807) is 17.0 Å². The number of aromatic nitrogens is 2. The number of non-ortho nitro benzene ring substituents is 1. The van der Waals surface area contributed by atoms with Gasteiger partial charge in [-0.3, -0.25) is 15.0 Å². The van der Waals surface area contributed by atoms with E-state index in [1.807, 2.05) is 30.3 Å². The van der Waals surface area contributed by atoms with E-state index in [9.17, 15) is 20.0 Å². The van der Waals surface area contributed by atoms with E-state index in [4.69, 9.17) is 15.2 Å². The van der Waals surface area contributed by atoms with Gasteiger partial charge in [0.15, 0.2) is 5.82 Å². The van der Waals surface area contributed by atoms with Gasteiger partial charge in [0.2, 0.25) is 0 Å². The first-order chi connectivity index (χ1) is 23.8. The Labute approximate surface area is 283 Å². The minimum atomic E-state index is -0.493. The Bertz CT molecular complexity index is 1800. The molecule has 1 amide bonds. The predicted molar refractivity (Wildman–Crippen MR) is 184 cm³/mol. The van der Waals surface area contributed by atoms with Crippen molar-refractivity contribution in [1.29, 1.82) is 0 Å². The van der Waals surface area contributed by atoms with Crippen molar-refractivity contribution in [1.82, 2.24) is 20.0 Å². The molecule has 2 unspecified atom stereocenters. The second kappa shape index (κ2) is 13.8. The number of carbonyl (C=O) groups excluding carboxylic acids is 1. The molecule has 7 rings (SSSR count). The number of nitro benzene ring substituents is 1. The quantitative estimate of drug-likeness (QED) is 0.192. The van der Waals surface area contributed by atoms with E-state index in [0.717, 1.165) is 49.6 Å². The molecule has 0 aliphatic carbocycles. The van der Waals surface area contributed by atoms with Crippen LogP contribution in [0.1, 0.15) is 12.8 Å². The highest BCUT2D eigenvalue weighted by Crippen LogP contribution is 2.39. The summed E-state index contributed by atoms with van der Waals surface area (Å²) in [6.07, 6.45) is 1.68. The molecule has 254 valence electrons. The Morgan fingerprint density at radius 3 is 2.37 bits per heavy atom. The summed E-state index contributed by atoms with van der Waals surface area (Å²) in [4.78, 5) is 31.6. The van der Waals surface area contributed by atoms with Crippen LogP contribution in [0.25, 0.3) is 11.3 Å². The molecule has 4 aromatic rings. The largest absolute Gasteiger partial charge is 0.507 e. The monoisotopic (exact) mass is 666 g/mol. The molecular weight excluding hydrogens is 628 g/mol. The number of rotatable bonds is 9. The maximum Gasteiger partial charge on any atom is 0.415 e. The van der Waals surface area contributed by atoms with E-state index in [2.05, 4.69) is 37.0 Å². The molecule has 1 aromatic heterocycles. The lowest BCUT2D eigenvalue weighted by molar-refractivity contribution is -0.384. The fraction of sp³-hybridized carbons (Fsp3) is 0.343. The summed E-state index contributed by atoms with van der Waals surface area (Å²) in [5.41, 5.74) is 9.46. The molecule has 4 heterocycles. The number of para-hydroxylation sites is 1. The number of ether oxygens (including phenoxy) is 2. The first kappa shape index (κ1) is 31.9. The second-order valence-electron chi connectivity index (χ2n) is 12.5. The van der Waals surface area contributed by atoms with Crippen LogP contribution in [-0.2, 0) is 0 Å². The fourth-order valence-corrected chi connectivity index (χ4v) is 6.97. The zero-order chi connectivity index (χ0) is 33.9. The van der Waals surface area contributed by atoms with Gasteiger partial charge in [-0.05, 0) is 55.3 Å². The third-order valence-electron chi connectivity index (χ3n) is 9.48. The molecule has 3 aromatic carbocycles. The van der Waals surface area contributed by atoms with Crippen molar-refractivity contribution in [2.75, 3.05) is 68.0 Å². The van der Waals surface area contributed by atoms with Crippen molar-refractivity contribution in [3.8, 4) is 28.5 Å². The van der Waals surface area contributed by atoms with E-state index < -0.39 is 11.0 Å².